The first-order valence-electron chi connectivity index (χ1n) is 4.96. The number of hydrogen-bond acceptors (Lipinski definition) is 2. The maximum Gasteiger partial charge on any atom is 0.415 e. The average molecular weight is 364 g/mol. The van der Waals surface area contributed by atoms with E-state index < -0.39 is 11.7 Å². The van der Waals surface area contributed by atoms with Gasteiger partial charge in [0.05, 0.1) is 9.62 Å². The van der Waals surface area contributed by atoms with Crippen LogP contribution in [0, 0.1) is 0 Å². The summed E-state index contributed by atoms with van der Waals surface area (Å²) >= 11 is 2.04. The largest absolute Gasteiger partial charge is 0.415 e. The van der Waals surface area contributed by atoms with Crippen LogP contribution in [0.3, 0.4) is 0 Å². The van der Waals surface area contributed by atoms with Gasteiger partial charge in [-0.25, -0.2) is 4.99 Å². The molecule has 1 atom stereocenters. The second-order valence-corrected chi connectivity index (χ2v) is 4.68. The van der Waals surface area contributed by atoms with Crippen molar-refractivity contribution in [2.24, 2.45) is 10.7 Å². The lowest BCUT2D eigenvalue weighted by atomic mass is 10.2. The highest BCUT2D eigenvalue weighted by molar-refractivity contribution is 14.1. The molecule has 0 saturated heterocycles. The molecule has 0 bridgehead atoms. The fourth-order valence-corrected chi connectivity index (χ4v) is 1.02. The van der Waals surface area contributed by atoms with E-state index in [1.165, 1.54) is 7.05 Å². The first kappa shape index (κ1) is 16.5. The molecule has 0 aliphatic rings. The number of hydrogen-bond donors (Lipinski definition) is 3. The van der Waals surface area contributed by atoms with Gasteiger partial charge < -0.3 is 16.4 Å². The summed E-state index contributed by atoms with van der Waals surface area (Å²) < 4.78 is 37.8. The van der Waals surface area contributed by atoms with Gasteiger partial charge in [0.15, 0.2) is 5.96 Å². The second-order valence-electron chi connectivity index (χ2n) is 3.17. The van der Waals surface area contributed by atoms with Crippen LogP contribution >= 0.6 is 22.6 Å². The lowest BCUT2D eigenvalue weighted by Gasteiger charge is -2.14. The highest BCUT2D eigenvalue weighted by atomic mass is 127. The van der Waals surface area contributed by atoms with Crippen LogP contribution < -0.4 is 16.4 Å². The Bertz CT molecular complexity index is 288. The molecule has 0 aliphatic heterocycles. The van der Waals surface area contributed by atoms with Gasteiger partial charge in [-0.15, -0.1) is 0 Å². The highest BCUT2D eigenvalue weighted by Gasteiger charge is 2.33. The van der Waals surface area contributed by atoms with Crippen LogP contribution in [0.15, 0.2) is 16.8 Å². The molecule has 0 aromatic heterocycles. The Morgan fingerprint density at radius 3 is 2.53 bits per heavy atom. The molecule has 8 heteroatoms. The predicted octanol–water partition coefficient (Wildman–Crippen LogP) is 1.73. The molecule has 0 fully saturated rings. The van der Waals surface area contributed by atoms with Crippen molar-refractivity contribution in [1.29, 1.82) is 0 Å². The zero-order valence-electron chi connectivity index (χ0n) is 9.61. The molecule has 0 aromatic rings. The Hall–Kier alpha value is -0.510. The van der Waals surface area contributed by atoms with Gasteiger partial charge in [0.1, 0.15) is 0 Å². The maximum absolute atomic E-state index is 12.6. The quantitative estimate of drug-likeness (QED) is 0.229. The lowest BCUT2D eigenvalue weighted by Crippen LogP contribution is -2.30. The monoisotopic (exact) mass is 364 g/mol. The van der Waals surface area contributed by atoms with Gasteiger partial charge in [-0.3, -0.25) is 0 Å². The third-order valence-electron chi connectivity index (χ3n) is 1.85. The number of halogens is 4. The zero-order chi connectivity index (χ0) is 13.5. The molecule has 0 aromatic carbocycles. The van der Waals surface area contributed by atoms with Crippen molar-refractivity contribution in [2.45, 2.75) is 23.6 Å². The molecular formula is C9H16F3IN4. The Morgan fingerprint density at radius 1 is 1.53 bits per heavy atom. The van der Waals surface area contributed by atoms with Crippen LogP contribution in [-0.4, -0.2) is 29.8 Å². The number of aliphatic imine (C=N–C) groups is 1. The molecule has 17 heavy (non-hydrogen) atoms. The number of alkyl halides is 4. The smallest absolute Gasteiger partial charge is 0.370 e. The maximum atomic E-state index is 12.6. The molecule has 100 valence electrons. The molecular weight excluding hydrogens is 348 g/mol. The highest BCUT2D eigenvalue weighted by Crippen LogP contribution is 2.25. The van der Waals surface area contributed by atoms with E-state index in [-0.39, 0.29) is 16.6 Å². The van der Waals surface area contributed by atoms with Crippen LogP contribution in [0.4, 0.5) is 13.2 Å². The van der Waals surface area contributed by atoms with E-state index in [1.54, 1.807) is 0 Å². The van der Waals surface area contributed by atoms with Gasteiger partial charge in [0.25, 0.3) is 0 Å². The summed E-state index contributed by atoms with van der Waals surface area (Å²) in [4.78, 5) is 3.47. The van der Waals surface area contributed by atoms with E-state index in [4.69, 9.17) is 5.73 Å². The van der Waals surface area contributed by atoms with Gasteiger partial charge in [-0.2, -0.15) is 13.2 Å². The first-order chi connectivity index (χ1) is 7.81. The minimum Gasteiger partial charge on any atom is -0.370 e. The fourth-order valence-electron chi connectivity index (χ4n) is 0.796. The van der Waals surface area contributed by atoms with Crippen molar-refractivity contribution < 1.29 is 13.2 Å². The number of guanidine groups is 1. The van der Waals surface area contributed by atoms with Crippen molar-refractivity contribution >= 4 is 28.6 Å². The molecule has 0 amide bonds. The molecule has 0 spiro atoms. The van der Waals surface area contributed by atoms with Gasteiger partial charge in [-0.1, -0.05) is 29.5 Å². The Morgan fingerprint density at radius 2 is 2.12 bits per heavy atom. The SMILES string of the molecule is CCC(I)NC/C(=C\N=C(\N)NC)C(F)(F)F. The van der Waals surface area contributed by atoms with Crippen molar-refractivity contribution in [3.05, 3.63) is 11.8 Å². The topological polar surface area (TPSA) is 62.4 Å². The Balaban J connectivity index is 4.67. The van der Waals surface area contributed by atoms with Gasteiger partial charge in [-0.05, 0) is 6.42 Å². The number of nitrogens with two attached hydrogens (primary N) is 1. The van der Waals surface area contributed by atoms with E-state index in [1.807, 2.05) is 29.5 Å². The molecule has 4 N–H and O–H groups in total. The molecule has 0 heterocycles. The van der Waals surface area contributed by atoms with E-state index in [0.717, 1.165) is 12.6 Å². The first-order valence-corrected chi connectivity index (χ1v) is 6.20. The molecule has 0 radical (unpaired) electrons. The van der Waals surface area contributed by atoms with Crippen molar-refractivity contribution in [3.63, 3.8) is 0 Å². The second kappa shape index (κ2) is 7.75. The summed E-state index contributed by atoms with van der Waals surface area (Å²) in [5.74, 6) is -0.0618. The van der Waals surface area contributed by atoms with Gasteiger partial charge >= 0.3 is 6.18 Å². The van der Waals surface area contributed by atoms with Crippen LogP contribution in [0.25, 0.3) is 0 Å². The summed E-state index contributed by atoms with van der Waals surface area (Å²) in [6.07, 6.45) is -2.93. The van der Waals surface area contributed by atoms with Gasteiger partial charge in [0.2, 0.25) is 0 Å². The number of rotatable bonds is 5. The van der Waals surface area contributed by atoms with E-state index in [0.29, 0.717) is 0 Å². The lowest BCUT2D eigenvalue weighted by molar-refractivity contribution is -0.0931. The molecule has 0 aliphatic carbocycles. The van der Waals surface area contributed by atoms with E-state index in [9.17, 15) is 13.2 Å². The number of nitrogens with one attached hydrogen (secondary N) is 2. The van der Waals surface area contributed by atoms with Crippen LogP contribution in [0.1, 0.15) is 13.3 Å². The summed E-state index contributed by atoms with van der Waals surface area (Å²) in [5.41, 5.74) is 4.49. The molecule has 1 unspecified atom stereocenters. The molecule has 0 saturated carbocycles. The molecule has 0 rings (SSSR count). The minimum absolute atomic E-state index is 0.0102. The third-order valence-corrected chi connectivity index (χ3v) is 3.17. The summed E-state index contributed by atoms with van der Waals surface area (Å²) in [5, 5.41) is 5.19. The van der Waals surface area contributed by atoms with E-state index in [2.05, 4.69) is 15.6 Å². The number of nitrogens with zero attached hydrogens (tertiary/aromatic N) is 1. The van der Waals surface area contributed by atoms with Crippen molar-refractivity contribution in [3.8, 4) is 0 Å². The zero-order valence-corrected chi connectivity index (χ0v) is 11.8. The normalized spacial score (nSPS) is 15.9. The van der Waals surface area contributed by atoms with E-state index >= 15 is 0 Å². The van der Waals surface area contributed by atoms with Crippen LogP contribution in [0.5, 0.6) is 0 Å². The summed E-state index contributed by atoms with van der Waals surface area (Å²) in [7, 11) is 1.48. The fraction of sp³-hybridized carbons (Fsp3) is 0.667. The van der Waals surface area contributed by atoms with Crippen LogP contribution in [0.2, 0.25) is 0 Å². The summed E-state index contributed by atoms with van der Waals surface area (Å²) in [6.45, 7) is 1.60. The Labute approximate surface area is 112 Å². The standard InChI is InChI=1S/C9H16F3IN4/c1-3-7(13)16-4-6(9(10,11)12)5-17-8(14)15-2/h5,7,16H,3-4H2,1-2H3,(H3,14,15,17)/b6-5+. The van der Waals surface area contributed by atoms with Crippen LogP contribution in [-0.2, 0) is 0 Å². The van der Waals surface area contributed by atoms with Gasteiger partial charge in [0, 0.05) is 19.8 Å². The average Bonchev–Trinajstić information content (AvgIpc) is 2.26. The summed E-state index contributed by atoms with van der Waals surface area (Å²) in [6, 6.07) is 0. The third kappa shape index (κ3) is 7.42. The van der Waals surface area contributed by atoms with Crippen molar-refractivity contribution in [1.82, 2.24) is 10.6 Å². The predicted molar refractivity (Wildman–Crippen MR) is 70.9 cm³/mol. The Kier molecular flexibility index (Phi) is 7.51. The minimum atomic E-state index is -4.41. The molecule has 4 nitrogen and oxygen atoms in total. The van der Waals surface area contributed by atoms with Crippen molar-refractivity contribution in [2.75, 3.05) is 13.6 Å².